The van der Waals surface area contributed by atoms with E-state index < -0.39 is 6.09 Å². The minimum absolute atomic E-state index is 0.204. The fourth-order valence-electron chi connectivity index (χ4n) is 2.54. The van der Waals surface area contributed by atoms with E-state index in [9.17, 15) is 9.59 Å². The number of hydrogen-bond acceptors (Lipinski definition) is 4. The van der Waals surface area contributed by atoms with Gasteiger partial charge in [0, 0.05) is 16.3 Å². The van der Waals surface area contributed by atoms with Gasteiger partial charge in [-0.3, -0.25) is 10.1 Å². The van der Waals surface area contributed by atoms with Gasteiger partial charge in [-0.1, -0.05) is 60.7 Å². The summed E-state index contributed by atoms with van der Waals surface area (Å²) in [5.41, 5.74) is 3.23. The number of methoxy groups -OCH3 is 1. The number of rotatable bonds is 5. The van der Waals surface area contributed by atoms with Gasteiger partial charge in [-0.15, -0.1) is 0 Å². The zero-order valence-corrected chi connectivity index (χ0v) is 16.6. The number of benzene rings is 3. The fourth-order valence-corrected chi connectivity index (χ4v) is 3.19. The van der Waals surface area contributed by atoms with Gasteiger partial charge in [0.2, 0.25) is 0 Å². The molecule has 0 fully saturated rings. The van der Waals surface area contributed by atoms with Gasteiger partial charge in [0.15, 0.2) is 0 Å². The maximum absolute atomic E-state index is 12.6. The molecule has 0 saturated heterocycles. The molecule has 0 aliphatic carbocycles. The van der Waals surface area contributed by atoms with Crippen LogP contribution in [0.1, 0.15) is 11.1 Å². The highest BCUT2D eigenvalue weighted by molar-refractivity contribution is 8.13. The van der Waals surface area contributed by atoms with Crippen molar-refractivity contribution in [2.45, 2.75) is 4.90 Å². The quantitative estimate of drug-likeness (QED) is 0.412. The van der Waals surface area contributed by atoms with Crippen LogP contribution in [0.4, 0.5) is 15.3 Å². The van der Waals surface area contributed by atoms with Crippen molar-refractivity contribution in [2.75, 3.05) is 12.4 Å². The zero-order valence-electron chi connectivity index (χ0n) is 15.8. The average molecular weight is 404 g/mol. The van der Waals surface area contributed by atoms with E-state index in [1.165, 1.54) is 7.11 Å². The van der Waals surface area contributed by atoms with Gasteiger partial charge in [-0.2, -0.15) is 0 Å². The Hall–Kier alpha value is -3.51. The smallest absolute Gasteiger partial charge is 0.411 e. The third-order valence-corrected chi connectivity index (χ3v) is 4.72. The van der Waals surface area contributed by atoms with Crippen LogP contribution in [-0.2, 0) is 4.74 Å². The van der Waals surface area contributed by atoms with E-state index in [4.69, 9.17) is 0 Å². The number of carbonyl (C=O) groups excluding carboxylic acids is 2. The highest BCUT2D eigenvalue weighted by Crippen LogP contribution is 2.23. The molecule has 3 rings (SSSR count). The van der Waals surface area contributed by atoms with E-state index in [0.29, 0.717) is 5.69 Å². The number of nitrogens with one attached hydrogen (secondary N) is 2. The lowest BCUT2D eigenvalue weighted by Gasteiger charge is -2.11. The standard InChI is InChI=1S/C23H20N2O3S/c1-28-22(26)24-19-12-14-20(15-13-19)29-23(27)25-21(18-10-6-3-7-11-18)16-17-8-4-2-5-9-17/h2-16H,1H3,(H,24,26)(H,25,27)/b21-16+. The Morgan fingerprint density at radius 2 is 1.48 bits per heavy atom. The van der Waals surface area contributed by atoms with Crippen LogP contribution < -0.4 is 10.6 Å². The van der Waals surface area contributed by atoms with Crippen molar-refractivity contribution in [3.05, 3.63) is 96.1 Å². The number of thioether (sulfide) groups is 1. The van der Waals surface area contributed by atoms with Crippen molar-refractivity contribution < 1.29 is 14.3 Å². The lowest BCUT2D eigenvalue weighted by Crippen LogP contribution is -2.16. The molecule has 0 unspecified atom stereocenters. The van der Waals surface area contributed by atoms with Crippen molar-refractivity contribution in [1.29, 1.82) is 0 Å². The molecule has 0 atom stereocenters. The molecular weight excluding hydrogens is 384 g/mol. The second-order valence-corrected chi connectivity index (χ2v) is 7.04. The zero-order chi connectivity index (χ0) is 20.5. The fraction of sp³-hybridized carbons (Fsp3) is 0.0435. The summed E-state index contributed by atoms with van der Waals surface area (Å²) in [6.07, 6.45) is 1.40. The third-order valence-electron chi connectivity index (χ3n) is 3.93. The summed E-state index contributed by atoms with van der Waals surface area (Å²) >= 11 is 1.08. The molecule has 0 spiro atoms. The predicted octanol–water partition coefficient (Wildman–Crippen LogP) is 5.86. The van der Waals surface area contributed by atoms with Gasteiger partial charge < -0.3 is 10.1 Å². The Morgan fingerprint density at radius 1 is 0.862 bits per heavy atom. The Kier molecular flexibility index (Phi) is 7.08. The molecule has 0 radical (unpaired) electrons. The topological polar surface area (TPSA) is 67.4 Å². The first kappa shape index (κ1) is 20.2. The third kappa shape index (κ3) is 6.26. The number of hydrogen-bond donors (Lipinski definition) is 2. The molecule has 0 heterocycles. The maximum Gasteiger partial charge on any atom is 0.411 e. The number of amides is 2. The Bertz CT molecular complexity index is 988. The number of carbonyl (C=O) groups is 2. The van der Waals surface area contributed by atoms with Crippen LogP contribution in [0, 0.1) is 0 Å². The van der Waals surface area contributed by atoms with E-state index in [1.54, 1.807) is 24.3 Å². The van der Waals surface area contributed by atoms with Gasteiger partial charge in [0.05, 0.1) is 7.11 Å². The first-order valence-corrected chi connectivity index (χ1v) is 9.72. The molecule has 29 heavy (non-hydrogen) atoms. The average Bonchev–Trinajstić information content (AvgIpc) is 2.76. The molecule has 0 aromatic heterocycles. The van der Waals surface area contributed by atoms with Crippen LogP contribution in [0.5, 0.6) is 0 Å². The van der Waals surface area contributed by atoms with Gasteiger partial charge in [-0.05, 0) is 53.2 Å². The van der Waals surface area contributed by atoms with Crippen LogP contribution in [0.25, 0.3) is 11.8 Å². The van der Waals surface area contributed by atoms with E-state index >= 15 is 0 Å². The van der Waals surface area contributed by atoms with Crippen LogP contribution >= 0.6 is 11.8 Å². The summed E-state index contributed by atoms with van der Waals surface area (Å²) < 4.78 is 4.56. The Balaban J connectivity index is 1.72. The highest BCUT2D eigenvalue weighted by Gasteiger charge is 2.10. The predicted molar refractivity (Wildman–Crippen MR) is 118 cm³/mol. The lowest BCUT2D eigenvalue weighted by molar-refractivity contribution is 0.187. The minimum Gasteiger partial charge on any atom is -0.453 e. The van der Waals surface area contributed by atoms with E-state index in [1.807, 2.05) is 66.7 Å². The van der Waals surface area contributed by atoms with Crippen LogP contribution in [0.2, 0.25) is 0 Å². The van der Waals surface area contributed by atoms with Crippen molar-refractivity contribution in [1.82, 2.24) is 5.32 Å². The van der Waals surface area contributed by atoms with Crippen LogP contribution in [0.15, 0.2) is 89.8 Å². The SMILES string of the molecule is COC(=O)Nc1ccc(SC(=O)N/C(=C/c2ccccc2)c2ccccc2)cc1. The van der Waals surface area contributed by atoms with E-state index in [2.05, 4.69) is 15.4 Å². The number of anilines is 1. The van der Waals surface area contributed by atoms with Crippen molar-refractivity contribution in [2.24, 2.45) is 0 Å². The summed E-state index contributed by atoms with van der Waals surface area (Å²) in [4.78, 5) is 24.6. The molecule has 2 N–H and O–H groups in total. The first-order chi connectivity index (χ1) is 14.1. The van der Waals surface area contributed by atoms with Crippen molar-refractivity contribution >= 4 is 40.6 Å². The van der Waals surface area contributed by atoms with E-state index in [-0.39, 0.29) is 5.24 Å². The molecule has 6 heteroatoms. The first-order valence-electron chi connectivity index (χ1n) is 8.90. The van der Waals surface area contributed by atoms with Crippen LogP contribution in [-0.4, -0.2) is 18.4 Å². The molecule has 0 aliphatic heterocycles. The summed E-state index contributed by atoms with van der Waals surface area (Å²) in [6.45, 7) is 0. The monoisotopic (exact) mass is 404 g/mol. The summed E-state index contributed by atoms with van der Waals surface area (Å²) in [5, 5.41) is 5.35. The highest BCUT2D eigenvalue weighted by atomic mass is 32.2. The Labute approximate surface area is 173 Å². The molecule has 0 aliphatic rings. The minimum atomic E-state index is -0.540. The van der Waals surface area contributed by atoms with Crippen molar-refractivity contribution in [3.63, 3.8) is 0 Å². The molecule has 2 amide bonds. The molecule has 0 saturated carbocycles. The summed E-state index contributed by atoms with van der Waals surface area (Å²) in [7, 11) is 1.30. The van der Waals surface area contributed by atoms with Gasteiger partial charge in [0.25, 0.3) is 5.24 Å². The molecule has 3 aromatic carbocycles. The maximum atomic E-state index is 12.6. The second kappa shape index (κ2) is 10.1. The molecule has 5 nitrogen and oxygen atoms in total. The van der Waals surface area contributed by atoms with E-state index in [0.717, 1.165) is 33.5 Å². The van der Waals surface area contributed by atoms with Gasteiger partial charge in [0.1, 0.15) is 0 Å². The largest absolute Gasteiger partial charge is 0.453 e. The Morgan fingerprint density at radius 3 is 2.10 bits per heavy atom. The molecule has 146 valence electrons. The molecule has 0 bridgehead atoms. The van der Waals surface area contributed by atoms with Crippen LogP contribution in [0.3, 0.4) is 0 Å². The summed E-state index contributed by atoms with van der Waals surface area (Å²) in [5.74, 6) is 0. The summed E-state index contributed by atoms with van der Waals surface area (Å²) in [6, 6.07) is 26.5. The second-order valence-electron chi connectivity index (χ2n) is 5.99. The van der Waals surface area contributed by atoms with Gasteiger partial charge >= 0.3 is 6.09 Å². The number of ether oxygens (including phenoxy) is 1. The lowest BCUT2D eigenvalue weighted by atomic mass is 10.1. The van der Waals surface area contributed by atoms with Gasteiger partial charge in [-0.25, -0.2) is 4.79 Å². The van der Waals surface area contributed by atoms with Crippen molar-refractivity contribution in [3.8, 4) is 0 Å². The molecular formula is C23H20N2O3S. The normalized spacial score (nSPS) is 10.9. The molecule has 3 aromatic rings.